The Bertz CT molecular complexity index is 6250. The van der Waals surface area contributed by atoms with Gasteiger partial charge in [0.25, 0.3) is 0 Å². The lowest BCUT2D eigenvalue weighted by Gasteiger charge is -2.24. The van der Waals surface area contributed by atoms with Crippen LogP contribution < -0.4 is 42.9 Å². The molecule has 0 fully saturated rings. The number of rotatable bonds is 59. The van der Waals surface area contributed by atoms with Crippen molar-refractivity contribution in [3.05, 3.63) is 321 Å². The molecule has 44 heteroatoms. The molecular formula is C105H114N8O34S2. The summed E-state index contributed by atoms with van der Waals surface area (Å²) in [4.78, 5) is 165. The van der Waals surface area contributed by atoms with Gasteiger partial charge < -0.3 is 72.2 Å². The molecule has 0 bridgehead atoms. The lowest BCUT2D eigenvalue weighted by molar-refractivity contribution is -0.160. The van der Waals surface area contributed by atoms with Gasteiger partial charge in [-0.3, -0.25) is 69.8 Å². The Balaban J connectivity index is 0.515. The number of carboxylic acids is 1. The highest BCUT2D eigenvalue weighted by molar-refractivity contribution is 7.74. The van der Waals surface area contributed by atoms with Crippen LogP contribution in [0, 0.1) is 0 Å². The van der Waals surface area contributed by atoms with Gasteiger partial charge in [0.2, 0.25) is 5.60 Å². The van der Waals surface area contributed by atoms with E-state index < -0.39 is 132 Å². The second-order valence-electron chi connectivity index (χ2n) is 33.7. The molecule has 0 aromatic heterocycles. The second kappa shape index (κ2) is 62.3. The van der Waals surface area contributed by atoms with E-state index in [-0.39, 0.29) is 130 Å². The van der Waals surface area contributed by atoms with E-state index in [4.69, 9.17) is 65.9 Å². The molecule has 10 rings (SSSR count). The minimum Gasteiger partial charge on any atom is -0.478 e. The molecule has 6 amide bonds. The number of anilines is 6. The summed E-state index contributed by atoms with van der Waals surface area (Å²) in [5.41, 5.74) is 15.0. The van der Waals surface area contributed by atoms with Crippen LogP contribution in [0.4, 0.5) is 62.9 Å². The Hall–Kier alpha value is -15.8. The van der Waals surface area contributed by atoms with Crippen LogP contribution in [0.3, 0.4) is 0 Å². The smallest absolute Gasteiger partial charge is 0.419 e. The Kier molecular flexibility index (Phi) is 48.1. The van der Waals surface area contributed by atoms with Gasteiger partial charge in [-0.2, -0.15) is 27.9 Å². The number of esters is 6. The van der Waals surface area contributed by atoms with E-state index in [9.17, 15) is 86.1 Å². The number of hydroxylamine groups is 2. The van der Waals surface area contributed by atoms with Crippen molar-refractivity contribution in [2.24, 2.45) is 0 Å². The van der Waals surface area contributed by atoms with E-state index in [1.165, 1.54) is 0 Å². The second-order valence-corrected chi connectivity index (χ2v) is 34.9. The van der Waals surface area contributed by atoms with Crippen molar-refractivity contribution in [2.45, 2.75) is 121 Å². The third-order valence-corrected chi connectivity index (χ3v) is 21.8. The normalized spacial score (nSPS) is 12.1. The molecule has 149 heavy (non-hydrogen) atoms. The molecule has 5 atom stereocenters. The average molecular weight is 2100 g/mol. The van der Waals surface area contributed by atoms with E-state index in [1.54, 1.807) is 164 Å². The molecular weight excluding hydrogens is 1980 g/mol. The van der Waals surface area contributed by atoms with Crippen LogP contribution in [0.25, 0.3) is 0 Å². The topological polar surface area (TPSA) is 583 Å². The molecule has 42 nitrogen and oxygen atoms in total. The van der Waals surface area contributed by atoms with Crippen LogP contribution in [0.1, 0.15) is 123 Å². The van der Waals surface area contributed by atoms with Gasteiger partial charge in [-0.15, -0.1) is 0 Å². The van der Waals surface area contributed by atoms with E-state index in [1.807, 2.05) is 78.9 Å². The number of ether oxygens (including phenoxy) is 12. The number of hydrogen-bond acceptors (Lipinski definition) is 33. The zero-order valence-electron chi connectivity index (χ0n) is 80.9. The van der Waals surface area contributed by atoms with Crippen LogP contribution in [-0.2, 0) is 179 Å². The summed E-state index contributed by atoms with van der Waals surface area (Å²) in [6.45, 7) is -1.48. The Labute approximate surface area is 861 Å². The van der Waals surface area contributed by atoms with Crippen molar-refractivity contribution in [1.82, 2.24) is 11.0 Å². The number of aliphatic hydroxyl groups is 2. The van der Waals surface area contributed by atoms with Gasteiger partial charge in [0.1, 0.15) is 58.5 Å². The number of carboxylic acid groups (broad SMARTS) is 1. The van der Waals surface area contributed by atoms with Crippen molar-refractivity contribution < 1.29 is 161 Å². The first-order chi connectivity index (χ1) is 71.8. The van der Waals surface area contributed by atoms with Gasteiger partial charge in [-0.25, -0.2) is 33.6 Å². The molecule has 0 radical (unpaired) electrons. The van der Waals surface area contributed by atoms with Crippen molar-refractivity contribution >= 4 is 135 Å². The summed E-state index contributed by atoms with van der Waals surface area (Å²) < 4.78 is 110. The van der Waals surface area contributed by atoms with Crippen LogP contribution in [0.5, 0.6) is 0 Å². The van der Waals surface area contributed by atoms with Crippen molar-refractivity contribution in [3.8, 4) is 0 Å². The number of aliphatic carboxylic acids is 1. The van der Waals surface area contributed by atoms with Gasteiger partial charge in [-0.05, 0) is 215 Å². The molecule has 10 aromatic rings. The molecule has 10 aromatic carbocycles. The predicted molar refractivity (Wildman–Crippen MR) is 539 cm³/mol. The maximum atomic E-state index is 13.1. The first kappa shape index (κ1) is 115. The van der Waals surface area contributed by atoms with Crippen molar-refractivity contribution in [2.75, 3.05) is 118 Å². The minimum atomic E-state index is -2.60. The van der Waals surface area contributed by atoms with Gasteiger partial charge in [0.15, 0.2) is 0 Å². The Morgan fingerprint density at radius 1 is 0.295 bits per heavy atom. The molecule has 0 aliphatic heterocycles. The first-order valence-corrected chi connectivity index (χ1v) is 49.0. The molecule has 0 aliphatic carbocycles. The Morgan fingerprint density at radius 2 is 0.564 bits per heavy atom. The maximum absolute atomic E-state index is 13.1. The number of aliphatic hydroxyl groups excluding tert-OH is 2. The third-order valence-electron chi connectivity index (χ3n) is 21.2. The standard InChI is InChI=1S/C105H114N8O34S2/c1-105(98(122)123,145-104(129)113-89-35-15-29-79(60-89)54-78-28-13-32-86(58-78)110-101(126)142-68-91(115)66-107-147-149(132)133)69-143-102(127)111-87-33-10-24-74(55-87)47-72-18-8-20-80(51-72)61-94(118)135-38-4-5-39-139-99(124)108-84-30-11-26-76(56-84)53-77-27-12-31-85(57-77)109-100(125)140-43-41-134-40-42-136-92(116)36-2-3-37-93(117)144-103(128)112-88-34-14-25-75(59-88)48-73-19-9-22-82(52-73)63-96(120)138-45-44-137-95(119)62-81-21-6-16-70(49-81)46-71-17-7-23-83(50-71)64-97(121)141-67-90(114)65-106-146-148(130)131/h6-35,49-52,55-60,90-91,106-107,114-115H,2-5,36-48,53-54,61-69H2,1H3,(H,108,124)(H,109,125)(H,110,126)(H,111,127)(H,112,128)(H,113,129)(H,122,123)(H,130,131)(H,132,133). The molecule has 790 valence electrons. The largest absolute Gasteiger partial charge is 0.478 e. The highest BCUT2D eigenvalue weighted by atomic mass is 32.2. The average Bonchev–Trinajstić information content (AvgIpc) is 0.841. The molecule has 0 saturated heterocycles. The number of nitrogens with one attached hydrogen (secondary N) is 8. The van der Waals surface area contributed by atoms with E-state index >= 15 is 0 Å². The number of unbranched alkanes of at least 4 members (excludes halogenated alkanes) is 2. The molecule has 13 N–H and O–H groups in total. The maximum Gasteiger partial charge on any atom is 0.419 e. The molecule has 0 spiro atoms. The molecule has 0 aliphatic rings. The lowest BCUT2D eigenvalue weighted by Crippen LogP contribution is -2.46. The fourth-order valence-corrected chi connectivity index (χ4v) is 14.8. The molecule has 5 unspecified atom stereocenters. The first-order valence-electron chi connectivity index (χ1n) is 46.9. The predicted octanol–water partition coefficient (Wildman–Crippen LogP) is 13.4. The number of hydrogen-bond donors (Lipinski definition) is 13. The number of carbonyl (C=O) groups excluding carboxylic acids is 12. The van der Waals surface area contributed by atoms with E-state index in [0.29, 0.717) is 101 Å². The fraction of sp³-hybridized carbons (Fsp3) is 0.305. The van der Waals surface area contributed by atoms with Crippen molar-refractivity contribution in [3.63, 3.8) is 0 Å². The summed E-state index contributed by atoms with van der Waals surface area (Å²) in [5.74, 6) is -5.02. The zero-order chi connectivity index (χ0) is 107. The highest BCUT2D eigenvalue weighted by Gasteiger charge is 2.40. The number of carbonyl (C=O) groups is 13. The van der Waals surface area contributed by atoms with Gasteiger partial charge >= 0.3 is 101 Å². The van der Waals surface area contributed by atoms with Crippen LogP contribution in [-0.4, -0.2) is 215 Å². The van der Waals surface area contributed by atoms with Gasteiger partial charge in [-0.1, -0.05) is 170 Å². The molecule has 0 heterocycles. The summed E-state index contributed by atoms with van der Waals surface area (Å²) in [6.07, 6.45) is -4.79. The highest BCUT2D eigenvalue weighted by Crippen LogP contribution is 2.26. The summed E-state index contributed by atoms with van der Waals surface area (Å²) in [7, 11) is 0. The number of amides is 6. The SMILES string of the molecule is CC(COC(=O)Nc1cccc(Cc2cccc(CC(=O)OCCCCOC(=O)Nc3cccc(Cc4cccc(NC(=O)OCCOCCOC(=O)CCCCC(=O)OC(=O)Nc5cccc(Cc6cccc(CC(=O)OCCOC(=O)Cc7cccc(Cc8cccc(CC(=O)OCC(O)CNOS(=O)O)c8)c7)c6)c5)c4)c3)c2)c1)(OC(=O)Nc1cccc(Cc2cccc(NC(=O)OCC(O)CNOS(=O)O)c2)c1)C(=O)O. The minimum absolute atomic E-state index is 0.00848. The lowest BCUT2D eigenvalue weighted by atomic mass is 9.99. The fourth-order valence-electron chi connectivity index (χ4n) is 14.4. The van der Waals surface area contributed by atoms with Crippen LogP contribution in [0.2, 0.25) is 0 Å². The van der Waals surface area contributed by atoms with E-state index in [2.05, 4.69) is 51.4 Å². The summed E-state index contributed by atoms with van der Waals surface area (Å²) >= 11 is -5.16. The third kappa shape index (κ3) is 46.3. The van der Waals surface area contributed by atoms with Crippen molar-refractivity contribution in [1.29, 1.82) is 0 Å². The number of benzene rings is 10. The molecule has 0 saturated carbocycles. The zero-order valence-corrected chi connectivity index (χ0v) is 82.6. The monoisotopic (exact) mass is 2090 g/mol. The van der Waals surface area contributed by atoms with Crippen LogP contribution >= 0.6 is 0 Å². The quantitative estimate of drug-likeness (QED) is 0.00420. The van der Waals surface area contributed by atoms with Gasteiger partial charge in [0.05, 0.1) is 65.2 Å². The Morgan fingerprint density at radius 3 is 0.926 bits per heavy atom. The van der Waals surface area contributed by atoms with Gasteiger partial charge in [0, 0.05) is 47.0 Å². The summed E-state index contributed by atoms with van der Waals surface area (Å²) in [5, 5.41) is 45.4. The van der Waals surface area contributed by atoms with Crippen LogP contribution in [0.15, 0.2) is 243 Å². The summed E-state index contributed by atoms with van der Waals surface area (Å²) in [6, 6.07) is 70.5. The van der Waals surface area contributed by atoms with E-state index in [0.717, 1.165) is 57.0 Å².